The van der Waals surface area contributed by atoms with Crippen LogP contribution in [0.5, 0.6) is 0 Å². The molecule has 0 unspecified atom stereocenters. The van der Waals surface area contributed by atoms with Gasteiger partial charge in [0.2, 0.25) is 10.0 Å². The number of hydrogen-bond donors (Lipinski definition) is 2. The van der Waals surface area contributed by atoms with Crippen LogP contribution in [0.3, 0.4) is 0 Å². The number of sulfonamides is 1. The Bertz CT molecular complexity index is 688. The van der Waals surface area contributed by atoms with Crippen LogP contribution in [0.15, 0.2) is 53.0 Å². The van der Waals surface area contributed by atoms with Crippen molar-refractivity contribution < 1.29 is 8.42 Å². The molecule has 2 aromatic carbocycles. The summed E-state index contributed by atoms with van der Waals surface area (Å²) in [5.41, 5.74) is 7.68. The second-order valence-corrected chi connectivity index (χ2v) is 7.09. The van der Waals surface area contributed by atoms with Gasteiger partial charge in [-0.25, -0.2) is 8.42 Å². The maximum absolute atomic E-state index is 12.0. The van der Waals surface area contributed by atoms with Crippen molar-refractivity contribution >= 4 is 37.3 Å². The lowest BCUT2D eigenvalue weighted by Crippen LogP contribution is -2.18. The molecular formula is C14H15BrN2O2S. The number of hydrogen-bond acceptors (Lipinski definition) is 3. The van der Waals surface area contributed by atoms with E-state index in [-0.39, 0.29) is 5.75 Å². The third-order valence-electron chi connectivity index (χ3n) is 2.76. The zero-order valence-corrected chi connectivity index (χ0v) is 13.1. The molecule has 2 aromatic rings. The van der Waals surface area contributed by atoms with Crippen LogP contribution in [-0.4, -0.2) is 14.2 Å². The van der Waals surface area contributed by atoms with Crippen molar-refractivity contribution in [3.8, 4) is 0 Å². The predicted octanol–water partition coefficient (Wildman–Crippen LogP) is 3.02. The molecule has 0 aliphatic rings. The molecule has 0 spiro atoms. The molecule has 0 atom stereocenters. The summed E-state index contributed by atoms with van der Waals surface area (Å²) in [6.07, 6.45) is 0.475. The maximum atomic E-state index is 12.0. The lowest BCUT2D eigenvalue weighted by Gasteiger charge is -2.10. The zero-order chi connectivity index (χ0) is 14.6. The lowest BCUT2D eigenvalue weighted by molar-refractivity contribution is 0.600. The fraction of sp³-hybridized carbons (Fsp3) is 0.143. The molecule has 0 bridgehead atoms. The van der Waals surface area contributed by atoms with Crippen LogP contribution in [0.25, 0.3) is 0 Å². The Labute approximate surface area is 127 Å². The summed E-state index contributed by atoms with van der Waals surface area (Å²) in [7, 11) is -3.39. The summed E-state index contributed by atoms with van der Waals surface area (Å²) in [5, 5.41) is 0. The van der Waals surface area contributed by atoms with Crippen LogP contribution in [0, 0.1) is 0 Å². The van der Waals surface area contributed by atoms with Gasteiger partial charge in [0, 0.05) is 10.2 Å². The summed E-state index contributed by atoms with van der Waals surface area (Å²) in [5.74, 6) is 0.0355. The van der Waals surface area contributed by atoms with E-state index in [2.05, 4.69) is 20.7 Å². The van der Waals surface area contributed by atoms with Crippen molar-refractivity contribution in [3.05, 3.63) is 58.6 Å². The first-order valence-electron chi connectivity index (χ1n) is 6.06. The molecule has 0 saturated heterocycles. The highest BCUT2D eigenvalue weighted by Gasteiger charge is 2.12. The molecule has 3 N–H and O–H groups in total. The van der Waals surface area contributed by atoms with Crippen molar-refractivity contribution in [1.82, 2.24) is 0 Å². The number of halogens is 1. The molecule has 0 aromatic heterocycles. The van der Waals surface area contributed by atoms with E-state index in [4.69, 9.17) is 5.73 Å². The number of nitrogen functional groups attached to an aromatic ring is 1. The summed E-state index contributed by atoms with van der Waals surface area (Å²) in [6, 6.07) is 14.5. The van der Waals surface area contributed by atoms with E-state index in [0.29, 0.717) is 22.3 Å². The highest BCUT2D eigenvalue weighted by atomic mass is 79.9. The van der Waals surface area contributed by atoms with E-state index >= 15 is 0 Å². The SMILES string of the molecule is Nc1ccc(NS(=O)(=O)CCc2ccccc2)c(Br)c1. The first-order chi connectivity index (χ1) is 9.46. The van der Waals surface area contributed by atoms with Crippen LogP contribution in [-0.2, 0) is 16.4 Å². The first kappa shape index (κ1) is 14.9. The molecule has 0 aliphatic heterocycles. The number of nitrogens with two attached hydrogens (primary N) is 1. The average molecular weight is 355 g/mol. The van der Waals surface area contributed by atoms with Crippen LogP contribution in [0.4, 0.5) is 11.4 Å². The third-order valence-corrected chi connectivity index (χ3v) is 4.69. The summed E-state index contributed by atoms with van der Waals surface area (Å²) in [6.45, 7) is 0. The topological polar surface area (TPSA) is 72.2 Å². The van der Waals surface area contributed by atoms with Crippen molar-refractivity contribution in [2.45, 2.75) is 6.42 Å². The van der Waals surface area contributed by atoms with E-state index in [0.717, 1.165) is 5.56 Å². The lowest BCUT2D eigenvalue weighted by atomic mass is 10.2. The van der Waals surface area contributed by atoms with Gasteiger partial charge in [-0.1, -0.05) is 30.3 Å². The molecular weight excluding hydrogens is 340 g/mol. The van der Waals surface area contributed by atoms with E-state index in [1.54, 1.807) is 18.2 Å². The second kappa shape index (κ2) is 6.28. The minimum Gasteiger partial charge on any atom is -0.399 e. The highest BCUT2D eigenvalue weighted by Crippen LogP contribution is 2.25. The van der Waals surface area contributed by atoms with E-state index in [9.17, 15) is 8.42 Å². The van der Waals surface area contributed by atoms with E-state index in [1.807, 2.05) is 30.3 Å². The smallest absolute Gasteiger partial charge is 0.233 e. The number of anilines is 2. The largest absolute Gasteiger partial charge is 0.399 e. The predicted molar refractivity (Wildman–Crippen MR) is 86.1 cm³/mol. The molecule has 20 heavy (non-hydrogen) atoms. The Kier molecular flexibility index (Phi) is 4.67. The Morgan fingerprint density at radius 2 is 1.80 bits per heavy atom. The number of benzene rings is 2. The average Bonchev–Trinajstić information content (AvgIpc) is 2.41. The molecule has 0 heterocycles. The zero-order valence-electron chi connectivity index (χ0n) is 10.7. The molecule has 4 nitrogen and oxygen atoms in total. The number of rotatable bonds is 5. The van der Waals surface area contributed by atoms with Crippen molar-refractivity contribution in [3.63, 3.8) is 0 Å². The molecule has 0 saturated carbocycles. The summed E-state index contributed by atoms with van der Waals surface area (Å²) < 4.78 is 27.3. The van der Waals surface area contributed by atoms with Gasteiger partial charge < -0.3 is 5.73 Å². The third kappa shape index (κ3) is 4.25. The first-order valence-corrected chi connectivity index (χ1v) is 8.50. The van der Waals surface area contributed by atoms with Gasteiger partial charge in [-0.3, -0.25) is 4.72 Å². The van der Waals surface area contributed by atoms with E-state index < -0.39 is 10.0 Å². The monoisotopic (exact) mass is 354 g/mol. The fourth-order valence-corrected chi connectivity index (χ4v) is 3.48. The Balaban J connectivity index is 2.04. The Hall–Kier alpha value is -1.53. The van der Waals surface area contributed by atoms with Crippen molar-refractivity contribution in [2.75, 3.05) is 16.2 Å². The van der Waals surface area contributed by atoms with Crippen molar-refractivity contribution in [1.29, 1.82) is 0 Å². The van der Waals surface area contributed by atoms with Gasteiger partial charge in [-0.05, 0) is 46.1 Å². The normalized spacial score (nSPS) is 11.2. The molecule has 6 heteroatoms. The minimum atomic E-state index is -3.39. The van der Waals surface area contributed by atoms with Crippen LogP contribution in [0.2, 0.25) is 0 Å². The fourth-order valence-electron chi connectivity index (χ4n) is 1.73. The molecule has 2 rings (SSSR count). The van der Waals surface area contributed by atoms with Gasteiger partial charge in [0.25, 0.3) is 0 Å². The number of aryl methyl sites for hydroxylation is 1. The van der Waals surface area contributed by atoms with Gasteiger partial charge in [0.15, 0.2) is 0 Å². The van der Waals surface area contributed by atoms with Gasteiger partial charge in [0.05, 0.1) is 11.4 Å². The van der Waals surface area contributed by atoms with Crippen LogP contribution in [0.1, 0.15) is 5.56 Å². The molecule has 0 amide bonds. The van der Waals surface area contributed by atoms with Gasteiger partial charge in [-0.2, -0.15) is 0 Å². The van der Waals surface area contributed by atoms with Gasteiger partial charge >= 0.3 is 0 Å². The highest BCUT2D eigenvalue weighted by molar-refractivity contribution is 9.10. The minimum absolute atomic E-state index is 0.0355. The molecule has 0 radical (unpaired) electrons. The van der Waals surface area contributed by atoms with Gasteiger partial charge in [0.1, 0.15) is 0 Å². The van der Waals surface area contributed by atoms with Crippen molar-refractivity contribution in [2.24, 2.45) is 0 Å². The summed E-state index contributed by atoms with van der Waals surface area (Å²) >= 11 is 3.29. The van der Waals surface area contributed by atoms with E-state index in [1.165, 1.54) is 0 Å². The summed E-state index contributed by atoms with van der Waals surface area (Å²) in [4.78, 5) is 0. The van der Waals surface area contributed by atoms with Crippen LogP contribution >= 0.6 is 15.9 Å². The van der Waals surface area contributed by atoms with Crippen LogP contribution < -0.4 is 10.5 Å². The Morgan fingerprint density at radius 3 is 2.45 bits per heavy atom. The number of nitrogens with one attached hydrogen (secondary N) is 1. The standard InChI is InChI=1S/C14H15BrN2O2S/c15-13-10-12(16)6-7-14(13)17-20(18,19)9-8-11-4-2-1-3-5-11/h1-7,10,17H,8-9,16H2. The molecule has 106 valence electrons. The van der Waals surface area contributed by atoms with Gasteiger partial charge in [-0.15, -0.1) is 0 Å². The second-order valence-electron chi connectivity index (χ2n) is 4.40. The Morgan fingerprint density at radius 1 is 1.10 bits per heavy atom. The maximum Gasteiger partial charge on any atom is 0.233 e. The molecule has 0 fully saturated rings. The molecule has 0 aliphatic carbocycles. The quantitative estimate of drug-likeness (QED) is 0.810.